The number of sulfone groups is 1. The Morgan fingerprint density at radius 2 is 1.38 bits per heavy atom. The first-order valence-electron chi connectivity index (χ1n) is 26.2. The first-order chi connectivity index (χ1) is 37.2. The van der Waals surface area contributed by atoms with Crippen molar-refractivity contribution < 1.29 is 45.0 Å². The number of anilines is 4. The van der Waals surface area contributed by atoms with Gasteiger partial charge < -0.3 is 40.1 Å². The molecule has 14 nitrogen and oxygen atoms in total. The molecular weight excluding hydrogens is 1080 g/mol. The molecule has 5 N–H and O–H groups in total. The van der Waals surface area contributed by atoms with Crippen LogP contribution in [0.1, 0.15) is 61.0 Å². The van der Waals surface area contributed by atoms with E-state index in [2.05, 4.69) is 36.1 Å². The molecule has 1 aliphatic carbocycles. The Hall–Kier alpha value is -5.74. The maximum atomic E-state index is 14.3. The predicted octanol–water partition coefficient (Wildman–Crippen LogP) is 10.2. The molecule has 5 aromatic carbocycles. The number of hydrogen-bond acceptors (Lipinski definition) is 12. The summed E-state index contributed by atoms with van der Waals surface area (Å²) in [7, 11) is -8.67. The van der Waals surface area contributed by atoms with Crippen LogP contribution >= 0.6 is 23.4 Å². The monoisotopic (exact) mass is 1150 g/mol. The minimum atomic E-state index is -6.03. The third-order valence-corrected chi connectivity index (χ3v) is 19.4. The predicted molar refractivity (Wildman–Crippen MR) is 304 cm³/mol. The van der Waals surface area contributed by atoms with E-state index in [4.69, 9.17) is 11.6 Å². The summed E-state index contributed by atoms with van der Waals surface area (Å²) in [6.07, 6.45) is 3.57. The molecule has 416 valence electrons. The van der Waals surface area contributed by atoms with Gasteiger partial charge in [-0.2, -0.15) is 13.2 Å². The van der Waals surface area contributed by atoms with Crippen molar-refractivity contribution in [2.24, 2.45) is 7.05 Å². The van der Waals surface area contributed by atoms with Crippen molar-refractivity contribution in [3.8, 4) is 22.4 Å². The number of carbonyl (C=O) groups excluding carboxylic acids is 1. The molecule has 0 spiro atoms. The number of aliphatic hydroxyl groups excluding tert-OH is 2. The van der Waals surface area contributed by atoms with Gasteiger partial charge in [-0.05, 0) is 142 Å². The van der Waals surface area contributed by atoms with Crippen molar-refractivity contribution >= 4 is 71.9 Å². The van der Waals surface area contributed by atoms with Crippen LogP contribution in [0.15, 0.2) is 136 Å². The molecule has 3 aliphatic rings. The van der Waals surface area contributed by atoms with E-state index in [0.29, 0.717) is 113 Å². The van der Waals surface area contributed by atoms with E-state index in [1.165, 1.54) is 11.8 Å². The molecule has 1 aromatic heterocycles. The van der Waals surface area contributed by atoms with Gasteiger partial charge in [-0.1, -0.05) is 54.1 Å². The van der Waals surface area contributed by atoms with Gasteiger partial charge in [0, 0.05) is 109 Å². The number of nitrogens with zero attached hydrogens (tertiary/aromatic N) is 4. The van der Waals surface area contributed by atoms with E-state index in [1.54, 1.807) is 24.3 Å². The summed E-state index contributed by atoms with van der Waals surface area (Å²) in [5.41, 5.74) is 0.705. The molecule has 9 rings (SSSR count). The summed E-state index contributed by atoms with van der Waals surface area (Å²) < 4.78 is 102. The average molecular weight is 1150 g/mol. The van der Waals surface area contributed by atoms with Crippen LogP contribution in [-0.2, 0) is 26.9 Å². The summed E-state index contributed by atoms with van der Waals surface area (Å²) in [6.45, 7) is 6.30. The number of alkyl halides is 3. The van der Waals surface area contributed by atoms with Gasteiger partial charge in [0.05, 0.1) is 34.0 Å². The lowest BCUT2D eigenvalue weighted by molar-refractivity contribution is -0.0436. The highest BCUT2D eigenvalue weighted by atomic mass is 35.5. The third-order valence-electron chi connectivity index (χ3n) is 15.1. The van der Waals surface area contributed by atoms with E-state index in [0.717, 1.165) is 56.5 Å². The number of amides is 1. The maximum Gasteiger partial charge on any atom is 0.501 e. The molecule has 3 heterocycles. The van der Waals surface area contributed by atoms with Gasteiger partial charge in [0.25, 0.3) is 25.8 Å². The first kappa shape index (κ1) is 57.0. The Morgan fingerprint density at radius 1 is 0.744 bits per heavy atom. The SMILES string of the molecule is Cc1c(C(=O)N[C@H]2CC[C@@H](O)CC2)c(-c2cccc(N3CCN(c4ccc(NS(=O)(=O)c5ccc(N[C@H](CCN6CCC(O)CC6)CSc6ccccc6)c(S(=O)(=O)C(F)(F)F)c5)cc4)CC3)c2)c(-c2ccc(Cl)cc2)n1C. The molecule has 0 radical (unpaired) electrons. The standard InChI is InChI=1S/C57H65ClF3N7O7S3/c1-38-53(56(71)63-42-17-21-47(69)22-18-42)54(55(65(38)2)39-11-13-41(58)14-12-39)40-7-6-8-46(35-40)68-33-31-67(32-34-68)45-19-15-43(16-20-45)64-78(74,75)50-23-24-51(52(36-50)77(72,73)57(59,60)61)62-44(37-76-49-9-4-3-5-10-49)25-28-66-29-26-48(70)27-30-66/h3-16,19-20,23-24,35-36,42,44,47-48,62,64,69-70H,17-18,21-22,25-34,37H2,1-2H3,(H,63,71)/t42-,44-,47+/m1/s1. The number of thioether (sulfide) groups is 1. The molecule has 2 saturated heterocycles. The van der Waals surface area contributed by atoms with Crippen LogP contribution in [0.5, 0.6) is 0 Å². The number of likely N-dealkylation sites (tertiary alicyclic amines) is 1. The van der Waals surface area contributed by atoms with E-state index >= 15 is 0 Å². The van der Waals surface area contributed by atoms with E-state index in [1.807, 2.05) is 91.3 Å². The molecule has 21 heteroatoms. The van der Waals surface area contributed by atoms with Crippen LogP contribution in [-0.4, -0.2) is 124 Å². The van der Waals surface area contributed by atoms with Crippen LogP contribution in [0.4, 0.5) is 35.9 Å². The number of benzene rings is 5. The topological polar surface area (TPSA) is 177 Å². The number of aliphatic hydroxyl groups is 2. The molecule has 78 heavy (non-hydrogen) atoms. The Bertz CT molecular complexity index is 3270. The number of sulfonamides is 1. The number of aromatic nitrogens is 1. The second-order valence-corrected chi connectivity index (χ2v) is 25.5. The fourth-order valence-electron chi connectivity index (χ4n) is 10.6. The van der Waals surface area contributed by atoms with E-state index in [9.17, 15) is 45.0 Å². The van der Waals surface area contributed by atoms with E-state index in [-0.39, 0.29) is 35.5 Å². The molecule has 3 fully saturated rings. The summed E-state index contributed by atoms with van der Waals surface area (Å²) >= 11 is 7.77. The van der Waals surface area contributed by atoms with Crippen molar-refractivity contribution in [3.63, 3.8) is 0 Å². The van der Waals surface area contributed by atoms with Gasteiger partial charge in [-0.15, -0.1) is 11.8 Å². The Labute approximate surface area is 464 Å². The zero-order valence-electron chi connectivity index (χ0n) is 43.4. The third kappa shape index (κ3) is 13.3. The van der Waals surface area contributed by atoms with Gasteiger partial charge in [-0.3, -0.25) is 9.52 Å². The molecule has 2 aliphatic heterocycles. The fourth-order valence-corrected chi connectivity index (χ4v) is 13.8. The zero-order valence-corrected chi connectivity index (χ0v) is 46.6. The van der Waals surface area contributed by atoms with Crippen molar-refractivity contribution in [1.82, 2.24) is 14.8 Å². The van der Waals surface area contributed by atoms with Crippen molar-refractivity contribution in [1.29, 1.82) is 0 Å². The lowest BCUT2D eigenvalue weighted by Crippen LogP contribution is -2.46. The van der Waals surface area contributed by atoms with Gasteiger partial charge in [0.2, 0.25) is 0 Å². The van der Waals surface area contributed by atoms with Crippen LogP contribution in [0, 0.1) is 6.92 Å². The summed E-state index contributed by atoms with van der Waals surface area (Å²) in [5, 5.41) is 27.0. The van der Waals surface area contributed by atoms with Crippen LogP contribution in [0.25, 0.3) is 22.4 Å². The van der Waals surface area contributed by atoms with Gasteiger partial charge in [0.1, 0.15) is 4.90 Å². The lowest BCUT2D eigenvalue weighted by atomic mass is 9.92. The quantitative estimate of drug-likeness (QED) is 0.0516. The molecule has 1 atom stereocenters. The molecule has 0 bridgehead atoms. The summed E-state index contributed by atoms with van der Waals surface area (Å²) in [4.78, 5) is 19.9. The van der Waals surface area contributed by atoms with Gasteiger partial charge in [0.15, 0.2) is 0 Å². The highest BCUT2D eigenvalue weighted by Gasteiger charge is 2.48. The fraction of sp³-hybridized carbons (Fsp3) is 0.386. The van der Waals surface area contributed by atoms with Crippen LogP contribution in [0.2, 0.25) is 5.02 Å². The van der Waals surface area contributed by atoms with Crippen molar-refractivity contribution in [3.05, 3.63) is 138 Å². The minimum absolute atomic E-state index is 0.0409. The summed E-state index contributed by atoms with van der Waals surface area (Å²) in [5.74, 6) is 0.207. The highest BCUT2D eigenvalue weighted by molar-refractivity contribution is 7.99. The number of hydrogen-bond donors (Lipinski definition) is 5. The van der Waals surface area contributed by atoms with Crippen molar-refractivity contribution in [2.45, 2.75) is 96.4 Å². The molecular formula is C57H65ClF3N7O7S3. The highest BCUT2D eigenvalue weighted by Crippen LogP contribution is 2.42. The van der Waals surface area contributed by atoms with E-state index < -0.39 is 41.2 Å². The molecule has 1 amide bonds. The number of piperazine rings is 1. The number of halogens is 4. The minimum Gasteiger partial charge on any atom is -0.393 e. The number of piperidine rings is 1. The lowest BCUT2D eigenvalue weighted by Gasteiger charge is -2.37. The number of carbonyl (C=O) groups is 1. The van der Waals surface area contributed by atoms with Crippen LogP contribution in [0.3, 0.4) is 0 Å². The Morgan fingerprint density at radius 3 is 2.04 bits per heavy atom. The van der Waals surface area contributed by atoms with Crippen molar-refractivity contribution in [2.75, 3.05) is 71.4 Å². The van der Waals surface area contributed by atoms with Crippen LogP contribution < -0.4 is 25.2 Å². The number of rotatable bonds is 18. The van der Waals surface area contributed by atoms with Gasteiger partial charge in [-0.25, -0.2) is 16.8 Å². The first-order valence-corrected chi connectivity index (χ1v) is 30.5. The average Bonchev–Trinajstić information content (AvgIpc) is 3.92. The molecule has 0 unspecified atom stereocenters. The normalized spacial score (nSPS) is 18.4. The second-order valence-electron chi connectivity index (χ2n) is 20.3. The smallest absolute Gasteiger partial charge is 0.393 e. The maximum absolute atomic E-state index is 14.3. The molecule has 1 saturated carbocycles. The molecule has 6 aromatic rings. The largest absolute Gasteiger partial charge is 0.501 e. The number of nitrogens with one attached hydrogen (secondary N) is 3. The second kappa shape index (κ2) is 24.3. The zero-order chi connectivity index (χ0) is 55.4. The summed E-state index contributed by atoms with van der Waals surface area (Å²) in [6, 6.07) is 33.9. The van der Waals surface area contributed by atoms with Gasteiger partial charge >= 0.3 is 5.51 Å². The Kier molecular flexibility index (Phi) is 17.8. The Balaban J connectivity index is 0.890.